The van der Waals surface area contributed by atoms with E-state index in [4.69, 9.17) is 9.84 Å². The van der Waals surface area contributed by atoms with Crippen molar-refractivity contribution in [3.63, 3.8) is 0 Å². The van der Waals surface area contributed by atoms with Gasteiger partial charge in [0.15, 0.2) is 0 Å². The number of carboxylic acid groups (broad SMARTS) is 1. The first-order chi connectivity index (χ1) is 9.11. The minimum Gasteiger partial charge on any atom is -0.496 e. The first-order valence-electron chi connectivity index (χ1n) is 5.80. The van der Waals surface area contributed by atoms with Gasteiger partial charge in [0.05, 0.1) is 7.11 Å². The van der Waals surface area contributed by atoms with E-state index in [9.17, 15) is 4.79 Å². The summed E-state index contributed by atoms with van der Waals surface area (Å²) >= 11 is 1.24. The second kappa shape index (κ2) is 5.75. The lowest BCUT2D eigenvalue weighted by Gasteiger charge is -2.09. The minimum absolute atomic E-state index is 0.387. The molecule has 0 atom stereocenters. The molecule has 0 saturated carbocycles. The second-order valence-corrected chi connectivity index (χ2v) is 5.03. The third-order valence-electron chi connectivity index (χ3n) is 2.82. The Morgan fingerprint density at radius 1 is 1.42 bits per heavy atom. The van der Waals surface area contributed by atoms with E-state index in [1.165, 1.54) is 11.3 Å². The van der Waals surface area contributed by atoms with Gasteiger partial charge in [0, 0.05) is 12.2 Å². The Kier molecular flexibility index (Phi) is 4.06. The number of benzene rings is 1. The van der Waals surface area contributed by atoms with Crippen molar-refractivity contribution in [2.75, 3.05) is 12.4 Å². The van der Waals surface area contributed by atoms with Gasteiger partial charge in [0.25, 0.3) is 0 Å². The fourth-order valence-corrected chi connectivity index (χ4v) is 2.61. The third-order valence-corrected chi connectivity index (χ3v) is 3.76. The van der Waals surface area contributed by atoms with Crippen LogP contribution in [-0.2, 0) is 6.54 Å². The maximum absolute atomic E-state index is 11.0. The van der Waals surface area contributed by atoms with Gasteiger partial charge in [-0.3, -0.25) is 0 Å². The Morgan fingerprint density at radius 2 is 2.21 bits per heavy atom. The summed E-state index contributed by atoms with van der Waals surface area (Å²) in [4.78, 5) is 11.4. The number of nitrogens with one attached hydrogen (secondary N) is 1. The first-order valence-corrected chi connectivity index (χ1v) is 6.68. The molecule has 5 heteroatoms. The average molecular weight is 277 g/mol. The molecule has 2 aromatic rings. The van der Waals surface area contributed by atoms with Gasteiger partial charge in [-0.15, -0.1) is 11.3 Å². The summed E-state index contributed by atoms with van der Waals surface area (Å²) in [6.45, 7) is 2.47. The molecule has 0 fully saturated rings. The molecule has 0 radical (unpaired) electrons. The lowest BCUT2D eigenvalue weighted by molar-refractivity contribution is 0.0701. The highest BCUT2D eigenvalue weighted by molar-refractivity contribution is 7.12. The molecule has 0 bridgehead atoms. The zero-order valence-corrected chi connectivity index (χ0v) is 11.6. The Bertz CT molecular complexity index is 592. The molecule has 1 aromatic carbocycles. The molecule has 0 spiro atoms. The van der Waals surface area contributed by atoms with Crippen molar-refractivity contribution in [1.82, 2.24) is 0 Å². The normalized spacial score (nSPS) is 10.2. The van der Waals surface area contributed by atoms with Crippen molar-refractivity contribution >= 4 is 23.0 Å². The van der Waals surface area contributed by atoms with Crippen LogP contribution in [0.2, 0.25) is 0 Å². The molecule has 2 N–H and O–H groups in total. The fraction of sp³-hybridized carbons (Fsp3) is 0.214. The highest BCUT2D eigenvalue weighted by Crippen LogP contribution is 2.23. The smallest absolute Gasteiger partial charge is 0.346 e. The zero-order valence-electron chi connectivity index (χ0n) is 10.8. The predicted molar refractivity (Wildman–Crippen MR) is 76.3 cm³/mol. The quantitative estimate of drug-likeness (QED) is 0.879. The molecule has 100 valence electrons. The van der Waals surface area contributed by atoms with Gasteiger partial charge in [0.1, 0.15) is 10.6 Å². The van der Waals surface area contributed by atoms with E-state index < -0.39 is 5.97 Å². The maximum Gasteiger partial charge on any atom is 0.346 e. The van der Waals surface area contributed by atoms with Crippen LogP contribution in [0.15, 0.2) is 29.6 Å². The Labute approximate surface area is 115 Å². The molecule has 0 saturated heterocycles. The standard InChI is InChI=1S/C14H15NO3S/c1-9-7-11(3-4-12(9)18-2)15-8-10-5-6-19-13(10)14(16)17/h3-7,15H,8H2,1-2H3,(H,16,17). The van der Waals surface area contributed by atoms with Gasteiger partial charge < -0.3 is 15.2 Å². The number of aryl methyl sites for hydroxylation is 1. The van der Waals surface area contributed by atoms with Crippen molar-refractivity contribution in [2.24, 2.45) is 0 Å². The van der Waals surface area contributed by atoms with E-state index in [1.807, 2.05) is 31.2 Å². The van der Waals surface area contributed by atoms with Crippen molar-refractivity contribution in [3.05, 3.63) is 45.6 Å². The highest BCUT2D eigenvalue weighted by atomic mass is 32.1. The molecule has 1 aromatic heterocycles. The minimum atomic E-state index is -0.877. The van der Waals surface area contributed by atoms with Crippen molar-refractivity contribution in [1.29, 1.82) is 0 Å². The highest BCUT2D eigenvalue weighted by Gasteiger charge is 2.11. The van der Waals surface area contributed by atoms with Crippen LogP contribution in [-0.4, -0.2) is 18.2 Å². The summed E-state index contributed by atoms with van der Waals surface area (Å²) in [6.07, 6.45) is 0. The van der Waals surface area contributed by atoms with E-state index in [0.29, 0.717) is 11.4 Å². The van der Waals surface area contributed by atoms with Crippen LogP contribution in [0.3, 0.4) is 0 Å². The van der Waals surface area contributed by atoms with E-state index in [-0.39, 0.29) is 0 Å². The summed E-state index contributed by atoms with van der Waals surface area (Å²) in [5.41, 5.74) is 2.78. The van der Waals surface area contributed by atoms with Crippen LogP contribution in [0.5, 0.6) is 5.75 Å². The number of methoxy groups -OCH3 is 1. The van der Waals surface area contributed by atoms with Crippen LogP contribution in [0.4, 0.5) is 5.69 Å². The number of thiophene rings is 1. The number of hydrogen-bond donors (Lipinski definition) is 2. The monoisotopic (exact) mass is 277 g/mol. The van der Waals surface area contributed by atoms with Gasteiger partial charge in [0.2, 0.25) is 0 Å². The summed E-state index contributed by atoms with van der Waals surface area (Å²) in [5, 5.41) is 14.0. The zero-order chi connectivity index (χ0) is 13.8. The van der Waals surface area contributed by atoms with Crippen LogP contribution >= 0.6 is 11.3 Å². The van der Waals surface area contributed by atoms with Crippen LogP contribution < -0.4 is 10.1 Å². The largest absolute Gasteiger partial charge is 0.496 e. The second-order valence-electron chi connectivity index (χ2n) is 4.12. The summed E-state index contributed by atoms with van der Waals surface area (Å²) in [7, 11) is 1.64. The van der Waals surface area contributed by atoms with Crippen LogP contribution in [0.1, 0.15) is 20.8 Å². The van der Waals surface area contributed by atoms with E-state index in [0.717, 1.165) is 22.6 Å². The summed E-state index contributed by atoms with van der Waals surface area (Å²) < 4.78 is 5.20. The fourth-order valence-electron chi connectivity index (χ4n) is 1.85. The molecule has 0 unspecified atom stereocenters. The third kappa shape index (κ3) is 3.06. The van der Waals surface area contributed by atoms with Crippen molar-refractivity contribution in [3.8, 4) is 5.75 Å². The summed E-state index contributed by atoms with van der Waals surface area (Å²) in [5.74, 6) is -0.0370. The van der Waals surface area contributed by atoms with Gasteiger partial charge in [-0.2, -0.15) is 0 Å². The number of ether oxygens (including phenoxy) is 1. The topological polar surface area (TPSA) is 58.6 Å². The van der Waals surface area contributed by atoms with Gasteiger partial charge in [-0.25, -0.2) is 4.79 Å². The van der Waals surface area contributed by atoms with E-state index in [2.05, 4.69) is 5.32 Å². The van der Waals surface area contributed by atoms with E-state index >= 15 is 0 Å². The van der Waals surface area contributed by atoms with Gasteiger partial charge >= 0.3 is 5.97 Å². The number of rotatable bonds is 5. The van der Waals surface area contributed by atoms with Crippen LogP contribution in [0.25, 0.3) is 0 Å². The first kappa shape index (κ1) is 13.4. The molecule has 2 rings (SSSR count). The number of hydrogen-bond acceptors (Lipinski definition) is 4. The Morgan fingerprint density at radius 3 is 2.84 bits per heavy atom. The predicted octanol–water partition coefficient (Wildman–Crippen LogP) is 3.38. The Balaban J connectivity index is 2.08. The summed E-state index contributed by atoms with van der Waals surface area (Å²) in [6, 6.07) is 7.62. The molecular formula is C14H15NO3S. The lowest BCUT2D eigenvalue weighted by Crippen LogP contribution is -2.04. The molecular weight excluding hydrogens is 262 g/mol. The number of carbonyl (C=O) groups is 1. The molecule has 19 heavy (non-hydrogen) atoms. The van der Waals surface area contributed by atoms with E-state index in [1.54, 1.807) is 12.5 Å². The lowest BCUT2D eigenvalue weighted by atomic mass is 10.2. The molecule has 0 amide bonds. The number of anilines is 1. The molecule has 0 aliphatic rings. The SMILES string of the molecule is COc1ccc(NCc2ccsc2C(=O)O)cc1C. The van der Waals surface area contributed by atoms with Gasteiger partial charge in [-0.05, 0) is 47.7 Å². The number of aromatic carboxylic acids is 1. The molecule has 0 aliphatic heterocycles. The van der Waals surface area contributed by atoms with Gasteiger partial charge in [-0.1, -0.05) is 0 Å². The van der Waals surface area contributed by atoms with Crippen molar-refractivity contribution < 1.29 is 14.6 Å². The van der Waals surface area contributed by atoms with Crippen LogP contribution in [0, 0.1) is 6.92 Å². The van der Waals surface area contributed by atoms with Crippen molar-refractivity contribution in [2.45, 2.75) is 13.5 Å². The molecule has 4 nitrogen and oxygen atoms in total. The Hall–Kier alpha value is -2.01. The molecule has 1 heterocycles. The average Bonchev–Trinajstić information content (AvgIpc) is 2.85. The molecule has 0 aliphatic carbocycles. The number of carboxylic acids is 1. The maximum atomic E-state index is 11.0.